The molecule has 1 atom stereocenters. The molecule has 1 saturated heterocycles. The van der Waals surface area contributed by atoms with E-state index in [9.17, 15) is 18.3 Å². The summed E-state index contributed by atoms with van der Waals surface area (Å²) in [6, 6.07) is 3.47. The Morgan fingerprint density at radius 2 is 1.93 bits per heavy atom. The van der Waals surface area contributed by atoms with E-state index in [-0.39, 0.29) is 36.3 Å². The zero-order valence-corrected chi connectivity index (χ0v) is 18.6. The topological polar surface area (TPSA) is 60.3 Å². The van der Waals surface area contributed by atoms with E-state index in [2.05, 4.69) is 10.3 Å². The van der Waals surface area contributed by atoms with Gasteiger partial charge in [-0.3, -0.25) is 4.90 Å². The zero-order valence-electron chi connectivity index (χ0n) is 16.3. The Kier molecular flexibility index (Phi) is 9.61. The molecule has 0 bridgehead atoms. The van der Waals surface area contributed by atoms with Gasteiger partial charge in [-0.15, -0.1) is 24.0 Å². The molecule has 0 radical (unpaired) electrons. The van der Waals surface area contributed by atoms with Gasteiger partial charge in [0.25, 0.3) is 0 Å². The number of phenols is 1. The van der Waals surface area contributed by atoms with Gasteiger partial charge >= 0.3 is 6.18 Å². The van der Waals surface area contributed by atoms with Crippen molar-refractivity contribution in [2.45, 2.75) is 32.6 Å². The SMILES string of the molecule is CCNC(=NCc1cc(OC)ccc1O)N1CCN(C(C)C(F)(F)F)CC1.I. The Labute approximate surface area is 180 Å². The molecular weight excluding hydrogens is 488 g/mol. The van der Waals surface area contributed by atoms with Crippen LogP contribution in [0.2, 0.25) is 0 Å². The molecule has 1 unspecified atom stereocenters. The molecule has 2 rings (SSSR count). The maximum absolute atomic E-state index is 12.9. The monoisotopic (exact) mass is 516 g/mol. The minimum atomic E-state index is -4.22. The van der Waals surface area contributed by atoms with Crippen molar-refractivity contribution in [1.82, 2.24) is 15.1 Å². The van der Waals surface area contributed by atoms with E-state index in [0.29, 0.717) is 50.0 Å². The lowest BCUT2D eigenvalue weighted by atomic mass is 10.2. The van der Waals surface area contributed by atoms with Crippen molar-refractivity contribution in [3.05, 3.63) is 23.8 Å². The van der Waals surface area contributed by atoms with Gasteiger partial charge in [0.15, 0.2) is 5.96 Å². The predicted molar refractivity (Wildman–Crippen MR) is 114 cm³/mol. The predicted octanol–water partition coefficient (Wildman–Crippen LogP) is 3.05. The number of halogens is 4. The minimum absolute atomic E-state index is 0. The number of phenolic OH excluding ortho intramolecular Hbond substituents is 1. The summed E-state index contributed by atoms with van der Waals surface area (Å²) in [5.74, 6) is 1.37. The van der Waals surface area contributed by atoms with Crippen LogP contribution in [-0.2, 0) is 6.54 Å². The van der Waals surface area contributed by atoms with Crippen molar-refractivity contribution < 1.29 is 23.0 Å². The average Bonchev–Trinajstić information content (AvgIpc) is 2.65. The van der Waals surface area contributed by atoms with Gasteiger partial charge in [0.1, 0.15) is 17.5 Å². The third-order valence-corrected chi connectivity index (χ3v) is 4.66. The van der Waals surface area contributed by atoms with E-state index in [1.54, 1.807) is 25.3 Å². The van der Waals surface area contributed by atoms with Crippen LogP contribution in [0.25, 0.3) is 0 Å². The van der Waals surface area contributed by atoms with Crippen LogP contribution in [-0.4, -0.2) is 72.9 Å². The molecule has 1 heterocycles. The van der Waals surface area contributed by atoms with Gasteiger partial charge in [0.05, 0.1) is 13.7 Å². The molecule has 1 aliphatic rings. The van der Waals surface area contributed by atoms with Gasteiger partial charge in [0.2, 0.25) is 0 Å². The highest BCUT2D eigenvalue weighted by molar-refractivity contribution is 14.0. The summed E-state index contributed by atoms with van der Waals surface area (Å²) in [6.07, 6.45) is -4.22. The maximum atomic E-state index is 12.9. The number of hydrogen-bond donors (Lipinski definition) is 2. The fourth-order valence-corrected chi connectivity index (χ4v) is 2.93. The van der Waals surface area contributed by atoms with E-state index in [1.165, 1.54) is 11.8 Å². The van der Waals surface area contributed by atoms with Gasteiger partial charge in [0, 0.05) is 38.3 Å². The molecule has 6 nitrogen and oxygen atoms in total. The van der Waals surface area contributed by atoms with Crippen molar-refractivity contribution in [2.24, 2.45) is 4.99 Å². The molecule has 1 fully saturated rings. The molecule has 1 aromatic carbocycles. The summed E-state index contributed by atoms with van der Waals surface area (Å²) in [5.41, 5.74) is 0.620. The Morgan fingerprint density at radius 1 is 1.29 bits per heavy atom. The molecule has 2 N–H and O–H groups in total. The van der Waals surface area contributed by atoms with Crippen molar-refractivity contribution >= 4 is 29.9 Å². The maximum Gasteiger partial charge on any atom is 0.403 e. The smallest absolute Gasteiger partial charge is 0.403 e. The van der Waals surface area contributed by atoms with Crippen LogP contribution in [0.3, 0.4) is 0 Å². The number of ether oxygens (including phenoxy) is 1. The van der Waals surface area contributed by atoms with Gasteiger partial charge in [-0.2, -0.15) is 13.2 Å². The number of benzene rings is 1. The minimum Gasteiger partial charge on any atom is -0.508 e. The number of aromatic hydroxyl groups is 1. The number of nitrogens with zero attached hydrogens (tertiary/aromatic N) is 3. The van der Waals surface area contributed by atoms with Crippen molar-refractivity contribution in [3.8, 4) is 11.5 Å². The first kappa shape index (κ1) is 24.6. The molecule has 1 aliphatic heterocycles. The van der Waals surface area contributed by atoms with Crippen LogP contribution in [0.5, 0.6) is 11.5 Å². The second kappa shape index (κ2) is 10.9. The number of alkyl halides is 3. The first-order valence-corrected chi connectivity index (χ1v) is 8.96. The van der Waals surface area contributed by atoms with Crippen LogP contribution < -0.4 is 10.1 Å². The van der Waals surface area contributed by atoms with E-state index in [1.807, 2.05) is 11.8 Å². The molecular formula is C18H28F3IN4O2. The quantitative estimate of drug-likeness (QED) is 0.358. The third-order valence-electron chi connectivity index (χ3n) is 4.66. The standard InChI is InChI=1S/C18H27F3N4O2.HI/c1-4-22-17(23-12-14-11-15(27-3)5-6-16(14)26)25-9-7-24(8-10-25)13(2)18(19,20)21;/h5-6,11,13,26H,4,7-10,12H2,1-3H3,(H,22,23);1H. The summed E-state index contributed by atoms with van der Waals surface area (Å²) >= 11 is 0. The van der Waals surface area contributed by atoms with Crippen LogP contribution in [0.4, 0.5) is 13.2 Å². The number of piperazine rings is 1. The number of hydrogen-bond acceptors (Lipinski definition) is 4. The Balaban J connectivity index is 0.00000392. The van der Waals surface area contributed by atoms with E-state index in [4.69, 9.17) is 4.74 Å². The Bertz CT molecular complexity index is 650. The molecule has 0 spiro atoms. The highest BCUT2D eigenvalue weighted by atomic mass is 127. The largest absolute Gasteiger partial charge is 0.508 e. The van der Waals surface area contributed by atoms with E-state index in [0.717, 1.165) is 0 Å². The first-order valence-electron chi connectivity index (χ1n) is 8.96. The van der Waals surface area contributed by atoms with Crippen LogP contribution in [0.15, 0.2) is 23.2 Å². The number of methoxy groups -OCH3 is 1. The Hall–Kier alpha value is -1.43. The molecule has 0 amide bonds. The average molecular weight is 516 g/mol. The lowest BCUT2D eigenvalue weighted by Gasteiger charge is -2.39. The lowest BCUT2D eigenvalue weighted by molar-refractivity contribution is -0.181. The van der Waals surface area contributed by atoms with Crippen molar-refractivity contribution in [2.75, 3.05) is 39.8 Å². The van der Waals surface area contributed by atoms with Gasteiger partial charge in [-0.25, -0.2) is 4.99 Å². The number of guanidine groups is 1. The highest BCUT2D eigenvalue weighted by Crippen LogP contribution is 2.26. The second-order valence-electron chi connectivity index (χ2n) is 6.41. The fraction of sp³-hybridized carbons (Fsp3) is 0.611. The Morgan fingerprint density at radius 3 is 2.46 bits per heavy atom. The summed E-state index contributed by atoms with van der Waals surface area (Å²) < 4.78 is 43.8. The van der Waals surface area contributed by atoms with Crippen molar-refractivity contribution in [3.63, 3.8) is 0 Å². The molecule has 0 saturated carbocycles. The van der Waals surface area contributed by atoms with Crippen LogP contribution in [0, 0.1) is 0 Å². The number of rotatable bonds is 5. The second-order valence-corrected chi connectivity index (χ2v) is 6.41. The van der Waals surface area contributed by atoms with Gasteiger partial charge in [-0.05, 0) is 32.0 Å². The van der Waals surface area contributed by atoms with Crippen LogP contribution in [0.1, 0.15) is 19.4 Å². The molecule has 1 aromatic rings. The third kappa shape index (κ3) is 6.57. The molecule has 28 heavy (non-hydrogen) atoms. The molecule has 10 heteroatoms. The number of nitrogens with one attached hydrogen (secondary N) is 1. The van der Waals surface area contributed by atoms with Gasteiger partial charge < -0.3 is 20.1 Å². The van der Waals surface area contributed by atoms with Gasteiger partial charge in [-0.1, -0.05) is 0 Å². The normalized spacial score (nSPS) is 17.1. The molecule has 0 aromatic heterocycles. The van der Waals surface area contributed by atoms with Crippen LogP contribution >= 0.6 is 24.0 Å². The molecule has 0 aliphatic carbocycles. The molecule has 160 valence electrons. The fourth-order valence-electron chi connectivity index (χ4n) is 2.93. The number of aliphatic imine (C=N–C) groups is 1. The zero-order chi connectivity index (χ0) is 20.0. The summed E-state index contributed by atoms with van der Waals surface area (Å²) in [6.45, 7) is 5.55. The summed E-state index contributed by atoms with van der Waals surface area (Å²) in [5, 5.41) is 13.2. The van der Waals surface area contributed by atoms with E-state index >= 15 is 0 Å². The first-order chi connectivity index (χ1) is 12.8. The van der Waals surface area contributed by atoms with E-state index < -0.39 is 12.2 Å². The lowest BCUT2D eigenvalue weighted by Crippen LogP contribution is -2.56. The van der Waals surface area contributed by atoms with Crippen molar-refractivity contribution in [1.29, 1.82) is 0 Å². The highest BCUT2D eigenvalue weighted by Gasteiger charge is 2.41. The summed E-state index contributed by atoms with van der Waals surface area (Å²) in [4.78, 5) is 7.92. The summed E-state index contributed by atoms with van der Waals surface area (Å²) in [7, 11) is 1.55.